The highest BCUT2D eigenvalue weighted by atomic mass is 32.2. The number of aromatic nitrogens is 1. The fraction of sp³-hybridized carbons (Fsp3) is 0.571. The highest BCUT2D eigenvalue weighted by Gasteiger charge is 2.21. The van der Waals surface area contributed by atoms with Crippen molar-refractivity contribution < 1.29 is 0 Å². The molecule has 0 bridgehead atoms. The number of hydrogen-bond donors (Lipinski definition) is 2. The number of thioether (sulfide) groups is 1. The molecule has 104 valence electrons. The number of anilines is 1. The predicted molar refractivity (Wildman–Crippen MR) is 88.0 cm³/mol. The lowest BCUT2D eigenvalue weighted by molar-refractivity contribution is 0.472. The molecule has 0 spiro atoms. The maximum Gasteiger partial charge on any atom is 0.136 e. The van der Waals surface area contributed by atoms with Crippen LogP contribution in [-0.2, 0) is 0 Å². The molecule has 0 aliphatic heterocycles. The van der Waals surface area contributed by atoms with Gasteiger partial charge in [0.05, 0.1) is 5.56 Å². The van der Waals surface area contributed by atoms with Crippen LogP contribution in [0.4, 0.5) is 5.82 Å². The average Bonchev–Trinajstić information content (AvgIpc) is 2.39. The van der Waals surface area contributed by atoms with Crippen LogP contribution in [0.2, 0.25) is 0 Å². The Hall–Kier alpha value is -0.810. The molecular formula is C14H21N3S2. The van der Waals surface area contributed by atoms with Crippen LogP contribution in [0.15, 0.2) is 12.3 Å². The molecule has 1 aliphatic rings. The largest absolute Gasteiger partial charge is 0.389 e. The first-order valence-electron chi connectivity index (χ1n) is 6.66. The summed E-state index contributed by atoms with van der Waals surface area (Å²) in [4.78, 5) is 4.83. The van der Waals surface area contributed by atoms with Gasteiger partial charge in [0, 0.05) is 17.5 Å². The molecule has 2 rings (SSSR count). The van der Waals surface area contributed by atoms with Crippen molar-refractivity contribution in [3.8, 4) is 0 Å². The SMILES string of the molecule is CSC1CCC(Nc2nccc(C)c2C(N)=S)CC1. The molecule has 3 N–H and O–H groups in total. The summed E-state index contributed by atoms with van der Waals surface area (Å²) in [6.45, 7) is 2.02. The number of nitrogens with two attached hydrogens (primary N) is 1. The molecule has 1 aromatic heterocycles. The van der Waals surface area contributed by atoms with E-state index in [0.717, 1.165) is 22.2 Å². The highest BCUT2D eigenvalue weighted by Crippen LogP contribution is 2.29. The first-order valence-corrected chi connectivity index (χ1v) is 8.36. The summed E-state index contributed by atoms with van der Waals surface area (Å²) in [5.74, 6) is 0.847. The lowest BCUT2D eigenvalue weighted by Gasteiger charge is -2.29. The minimum absolute atomic E-state index is 0.422. The number of pyridine rings is 1. The molecule has 1 fully saturated rings. The van der Waals surface area contributed by atoms with Crippen LogP contribution in [0.25, 0.3) is 0 Å². The van der Waals surface area contributed by atoms with Crippen molar-refractivity contribution >= 4 is 34.8 Å². The summed E-state index contributed by atoms with van der Waals surface area (Å²) < 4.78 is 0. The average molecular weight is 295 g/mol. The van der Waals surface area contributed by atoms with Crippen LogP contribution < -0.4 is 11.1 Å². The van der Waals surface area contributed by atoms with Gasteiger partial charge in [-0.1, -0.05) is 12.2 Å². The first-order chi connectivity index (χ1) is 9.11. The number of nitrogens with one attached hydrogen (secondary N) is 1. The molecule has 1 aromatic rings. The van der Waals surface area contributed by atoms with Gasteiger partial charge in [-0.3, -0.25) is 0 Å². The molecule has 0 saturated heterocycles. The van der Waals surface area contributed by atoms with E-state index in [1.807, 2.05) is 30.9 Å². The van der Waals surface area contributed by atoms with E-state index >= 15 is 0 Å². The number of hydrogen-bond acceptors (Lipinski definition) is 4. The Balaban J connectivity index is 2.08. The minimum Gasteiger partial charge on any atom is -0.389 e. The monoisotopic (exact) mass is 295 g/mol. The van der Waals surface area contributed by atoms with Crippen LogP contribution in [-0.4, -0.2) is 27.5 Å². The zero-order chi connectivity index (χ0) is 13.8. The number of aryl methyl sites for hydroxylation is 1. The molecule has 0 radical (unpaired) electrons. The third-order valence-electron chi connectivity index (χ3n) is 3.75. The van der Waals surface area contributed by atoms with Crippen LogP contribution in [0.3, 0.4) is 0 Å². The summed E-state index contributed by atoms with van der Waals surface area (Å²) in [6, 6.07) is 2.44. The summed E-state index contributed by atoms with van der Waals surface area (Å²) in [5, 5.41) is 4.35. The van der Waals surface area contributed by atoms with Gasteiger partial charge in [0.15, 0.2) is 0 Å². The van der Waals surface area contributed by atoms with Crippen LogP contribution in [0, 0.1) is 6.92 Å². The quantitative estimate of drug-likeness (QED) is 0.836. The lowest BCUT2D eigenvalue weighted by Crippen LogP contribution is -2.29. The summed E-state index contributed by atoms with van der Waals surface area (Å²) in [7, 11) is 0. The van der Waals surface area contributed by atoms with Crippen LogP contribution >= 0.6 is 24.0 Å². The van der Waals surface area contributed by atoms with Gasteiger partial charge >= 0.3 is 0 Å². The molecule has 0 unspecified atom stereocenters. The third-order valence-corrected chi connectivity index (χ3v) is 5.10. The maximum atomic E-state index is 5.81. The van der Waals surface area contributed by atoms with E-state index < -0.39 is 0 Å². The van der Waals surface area contributed by atoms with Gasteiger partial charge in [-0.2, -0.15) is 11.8 Å². The molecule has 3 nitrogen and oxygen atoms in total. The zero-order valence-corrected chi connectivity index (χ0v) is 13.1. The molecule has 0 aromatic carbocycles. The smallest absolute Gasteiger partial charge is 0.136 e. The molecule has 1 heterocycles. The molecule has 0 atom stereocenters. The highest BCUT2D eigenvalue weighted by molar-refractivity contribution is 7.99. The van der Waals surface area contributed by atoms with E-state index in [4.69, 9.17) is 18.0 Å². The number of rotatable bonds is 4. The minimum atomic E-state index is 0.422. The topological polar surface area (TPSA) is 50.9 Å². The van der Waals surface area contributed by atoms with E-state index in [0.29, 0.717) is 11.0 Å². The Morgan fingerprint density at radius 3 is 2.68 bits per heavy atom. The van der Waals surface area contributed by atoms with E-state index in [9.17, 15) is 0 Å². The van der Waals surface area contributed by atoms with Gasteiger partial charge in [-0.25, -0.2) is 4.98 Å². The van der Waals surface area contributed by atoms with Crippen LogP contribution in [0.5, 0.6) is 0 Å². The second-order valence-electron chi connectivity index (χ2n) is 5.07. The molecule has 5 heteroatoms. The van der Waals surface area contributed by atoms with Crippen molar-refractivity contribution in [1.29, 1.82) is 0 Å². The third kappa shape index (κ3) is 3.60. The van der Waals surface area contributed by atoms with Gasteiger partial charge in [-0.05, 0) is 50.5 Å². The van der Waals surface area contributed by atoms with Gasteiger partial charge < -0.3 is 11.1 Å². The van der Waals surface area contributed by atoms with Crippen molar-refractivity contribution in [2.75, 3.05) is 11.6 Å². The fourth-order valence-electron chi connectivity index (χ4n) is 2.61. The second-order valence-corrected chi connectivity index (χ2v) is 6.65. The maximum absolute atomic E-state index is 5.81. The number of nitrogens with zero attached hydrogens (tertiary/aromatic N) is 1. The van der Waals surface area contributed by atoms with Gasteiger partial charge in [0.2, 0.25) is 0 Å². The summed E-state index contributed by atoms with van der Waals surface area (Å²) in [5.41, 5.74) is 7.79. The Kier molecular flexibility index (Phi) is 5.05. The molecule has 1 saturated carbocycles. The molecular weight excluding hydrogens is 274 g/mol. The van der Waals surface area contributed by atoms with Crippen molar-refractivity contribution in [1.82, 2.24) is 4.98 Å². The zero-order valence-electron chi connectivity index (χ0n) is 11.5. The van der Waals surface area contributed by atoms with E-state index in [2.05, 4.69) is 16.6 Å². The summed E-state index contributed by atoms with van der Waals surface area (Å²) in [6.07, 6.45) is 8.94. The standard InChI is InChI=1S/C14H21N3S2/c1-9-7-8-16-14(12(9)13(15)18)17-10-3-5-11(19-2)6-4-10/h7-8,10-11H,3-6H2,1-2H3,(H2,15,18)(H,16,17). The van der Waals surface area contributed by atoms with Crippen molar-refractivity contribution in [3.05, 3.63) is 23.4 Å². The molecule has 1 aliphatic carbocycles. The van der Waals surface area contributed by atoms with Gasteiger partial charge in [-0.15, -0.1) is 0 Å². The van der Waals surface area contributed by atoms with E-state index in [1.54, 1.807) is 0 Å². The Morgan fingerprint density at radius 1 is 1.42 bits per heavy atom. The van der Waals surface area contributed by atoms with E-state index in [-0.39, 0.29) is 0 Å². The van der Waals surface area contributed by atoms with Gasteiger partial charge in [0.25, 0.3) is 0 Å². The van der Waals surface area contributed by atoms with Crippen molar-refractivity contribution in [2.24, 2.45) is 5.73 Å². The first kappa shape index (κ1) is 14.6. The van der Waals surface area contributed by atoms with Gasteiger partial charge in [0.1, 0.15) is 10.8 Å². The molecule has 19 heavy (non-hydrogen) atoms. The lowest BCUT2D eigenvalue weighted by atomic mass is 9.94. The Morgan fingerprint density at radius 2 is 2.11 bits per heavy atom. The van der Waals surface area contributed by atoms with Crippen molar-refractivity contribution in [3.63, 3.8) is 0 Å². The predicted octanol–water partition coefficient (Wildman–Crippen LogP) is 3.11. The number of thiocarbonyl (C=S) groups is 1. The fourth-order valence-corrected chi connectivity index (χ4v) is 3.62. The molecule has 0 amide bonds. The summed E-state index contributed by atoms with van der Waals surface area (Å²) >= 11 is 7.12. The normalized spacial score (nSPS) is 23.1. The van der Waals surface area contributed by atoms with E-state index in [1.165, 1.54) is 25.7 Å². The van der Waals surface area contributed by atoms with Crippen molar-refractivity contribution in [2.45, 2.75) is 43.9 Å². The second kappa shape index (κ2) is 6.57. The Labute approximate surface area is 124 Å². The van der Waals surface area contributed by atoms with Crippen LogP contribution in [0.1, 0.15) is 36.8 Å². The Bertz CT molecular complexity index is 454.